The highest BCUT2D eigenvalue weighted by Crippen LogP contribution is 2.27. The van der Waals surface area contributed by atoms with Crippen LogP contribution in [-0.2, 0) is 10.5 Å². The minimum absolute atomic E-state index is 0.147. The molecule has 2 atom stereocenters. The number of nitrogens with zero attached hydrogens (tertiary/aromatic N) is 2. The molecule has 2 heterocycles. The monoisotopic (exact) mass is 369 g/mol. The first kappa shape index (κ1) is 15.0. The minimum Gasteiger partial charge on any atom is -0.379 e. The van der Waals surface area contributed by atoms with Crippen molar-refractivity contribution in [2.24, 2.45) is 0 Å². The summed E-state index contributed by atoms with van der Waals surface area (Å²) in [6.07, 6.45) is 0. The molecule has 5 nitrogen and oxygen atoms in total. The molecule has 21 heavy (non-hydrogen) atoms. The number of hydrogen-bond acceptors (Lipinski definition) is 6. The quantitative estimate of drug-likeness (QED) is 0.817. The number of hydrogen-bond donors (Lipinski definition) is 1. The molecule has 0 saturated carbocycles. The van der Waals surface area contributed by atoms with Crippen LogP contribution in [0.2, 0.25) is 0 Å². The van der Waals surface area contributed by atoms with Crippen LogP contribution in [0, 0.1) is 0 Å². The molecule has 0 amide bonds. The third-order valence-electron chi connectivity index (χ3n) is 3.43. The van der Waals surface area contributed by atoms with Crippen molar-refractivity contribution in [1.29, 1.82) is 0 Å². The van der Waals surface area contributed by atoms with E-state index in [0.717, 1.165) is 10.3 Å². The molecule has 1 aromatic carbocycles. The van der Waals surface area contributed by atoms with Gasteiger partial charge >= 0.3 is 0 Å². The molecule has 1 aliphatic heterocycles. The Morgan fingerprint density at radius 2 is 2.14 bits per heavy atom. The lowest BCUT2D eigenvalue weighted by atomic mass is 10.0. The summed E-state index contributed by atoms with van der Waals surface area (Å²) in [5.41, 5.74) is 0. The first-order chi connectivity index (χ1) is 10.3. The molecule has 0 bridgehead atoms. The molecule has 1 fully saturated rings. The molecule has 3 rings (SSSR count). The van der Waals surface area contributed by atoms with Crippen LogP contribution in [0.4, 0.5) is 0 Å². The summed E-state index contributed by atoms with van der Waals surface area (Å²) in [6.45, 7) is 1.32. The average Bonchev–Trinajstić information content (AvgIpc) is 3.15. The first-order valence-corrected chi connectivity index (χ1v) is 8.50. The van der Waals surface area contributed by atoms with Crippen LogP contribution in [0.15, 0.2) is 38.2 Å². The van der Waals surface area contributed by atoms with Crippen LogP contribution >= 0.6 is 27.7 Å². The maximum absolute atomic E-state index is 5.46. The van der Waals surface area contributed by atoms with Crippen molar-refractivity contribution in [1.82, 2.24) is 15.5 Å². The third kappa shape index (κ3) is 3.66. The Hall–Kier alpha value is -0.890. The number of rotatable bonds is 5. The van der Waals surface area contributed by atoms with Crippen LogP contribution in [-0.4, -0.2) is 36.4 Å². The number of thioether (sulfide) groups is 1. The molecule has 1 N–H and O–H groups in total. The van der Waals surface area contributed by atoms with Gasteiger partial charge in [0.05, 0.1) is 24.9 Å². The highest BCUT2D eigenvalue weighted by atomic mass is 79.9. The topological polar surface area (TPSA) is 60.2 Å². The fourth-order valence-corrected chi connectivity index (χ4v) is 3.24. The Balaban J connectivity index is 1.61. The van der Waals surface area contributed by atoms with Gasteiger partial charge in [0.1, 0.15) is 0 Å². The second-order valence-corrected chi connectivity index (χ2v) is 6.79. The molecular formula is C14H16BrN3O2S. The third-order valence-corrected chi connectivity index (χ3v) is 4.97. The Morgan fingerprint density at radius 3 is 2.90 bits per heavy atom. The van der Waals surface area contributed by atoms with Gasteiger partial charge < -0.3 is 14.6 Å². The molecule has 1 aromatic heterocycles. The van der Waals surface area contributed by atoms with Gasteiger partial charge in [0.2, 0.25) is 5.89 Å². The molecule has 2 aromatic rings. The van der Waals surface area contributed by atoms with Gasteiger partial charge in [-0.3, -0.25) is 0 Å². The lowest BCUT2D eigenvalue weighted by Crippen LogP contribution is -2.31. The normalized spacial score (nSPS) is 21.8. The molecule has 1 saturated heterocycles. The van der Waals surface area contributed by atoms with Crippen molar-refractivity contribution in [3.63, 3.8) is 0 Å². The Kier molecular flexibility index (Phi) is 4.95. The van der Waals surface area contributed by atoms with E-state index in [1.54, 1.807) is 11.8 Å². The molecule has 0 radical (unpaired) electrons. The van der Waals surface area contributed by atoms with E-state index in [-0.39, 0.29) is 12.0 Å². The van der Waals surface area contributed by atoms with Crippen LogP contribution < -0.4 is 5.32 Å². The van der Waals surface area contributed by atoms with Crippen molar-refractivity contribution in [3.8, 4) is 0 Å². The minimum atomic E-state index is 0.147. The van der Waals surface area contributed by atoms with E-state index in [9.17, 15) is 0 Å². The van der Waals surface area contributed by atoms with Gasteiger partial charge in [-0.25, -0.2) is 0 Å². The van der Waals surface area contributed by atoms with Crippen molar-refractivity contribution in [2.45, 2.75) is 22.6 Å². The van der Waals surface area contributed by atoms with E-state index >= 15 is 0 Å². The van der Waals surface area contributed by atoms with Crippen LogP contribution in [0.5, 0.6) is 0 Å². The van der Waals surface area contributed by atoms with Crippen molar-refractivity contribution in [3.05, 3.63) is 40.5 Å². The second kappa shape index (κ2) is 6.91. The summed E-state index contributed by atoms with van der Waals surface area (Å²) in [7, 11) is 1.92. The van der Waals surface area contributed by atoms with Gasteiger partial charge in [0, 0.05) is 15.4 Å². The number of halogens is 1. The molecule has 112 valence electrons. The zero-order valence-corrected chi connectivity index (χ0v) is 14.0. The molecule has 7 heteroatoms. The predicted molar refractivity (Wildman–Crippen MR) is 84.4 cm³/mol. The molecular weight excluding hydrogens is 354 g/mol. The van der Waals surface area contributed by atoms with Gasteiger partial charge in [-0.05, 0) is 31.3 Å². The number of nitrogens with one attached hydrogen (secondary N) is 1. The number of benzene rings is 1. The molecule has 2 unspecified atom stereocenters. The zero-order chi connectivity index (χ0) is 14.7. The zero-order valence-electron chi connectivity index (χ0n) is 11.6. The summed E-state index contributed by atoms with van der Waals surface area (Å²) < 4.78 is 11.9. The van der Waals surface area contributed by atoms with Gasteiger partial charge in [0.15, 0.2) is 5.82 Å². The summed E-state index contributed by atoms with van der Waals surface area (Å²) in [5, 5.41) is 7.29. The van der Waals surface area contributed by atoms with Crippen molar-refractivity contribution >= 4 is 27.7 Å². The lowest BCUT2D eigenvalue weighted by Gasteiger charge is -2.11. The van der Waals surface area contributed by atoms with Crippen molar-refractivity contribution in [2.75, 3.05) is 20.3 Å². The van der Waals surface area contributed by atoms with E-state index < -0.39 is 0 Å². The van der Waals surface area contributed by atoms with E-state index in [1.807, 2.05) is 19.2 Å². The fourth-order valence-electron chi connectivity index (χ4n) is 2.24. The van der Waals surface area contributed by atoms with Crippen LogP contribution in [0.25, 0.3) is 0 Å². The molecule has 0 aliphatic carbocycles. The summed E-state index contributed by atoms with van der Waals surface area (Å²) in [5.74, 6) is 2.23. The highest BCUT2D eigenvalue weighted by molar-refractivity contribution is 9.10. The Labute approximate surface area is 136 Å². The largest absolute Gasteiger partial charge is 0.379 e. The molecule has 0 spiro atoms. The van der Waals surface area contributed by atoms with E-state index in [1.165, 1.54) is 4.90 Å². The van der Waals surface area contributed by atoms with E-state index in [2.05, 4.69) is 43.5 Å². The van der Waals surface area contributed by atoms with Crippen LogP contribution in [0.3, 0.4) is 0 Å². The Morgan fingerprint density at radius 1 is 1.33 bits per heavy atom. The second-order valence-electron chi connectivity index (χ2n) is 4.83. The average molecular weight is 370 g/mol. The smallest absolute Gasteiger partial charge is 0.233 e. The first-order valence-electron chi connectivity index (χ1n) is 6.72. The number of aromatic nitrogens is 2. The van der Waals surface area contributed by atoms with E-state index in [0.29, 0.717) is 24.9 Å². The standard InChI is InChI=1S/C14H16BrN3O2S/c1-16-12-7-19-6-11(12)14-17-13(18-20-14)8-21-10-4-2-9(15)3-5-10/h2-5,11-12,16H,6-8H2,1H3. The van der Waals surface area contributed by atoms with Gasteiger partial charge in [0.25, 0.3) is 0 Å². The fraction of sp³-hybridized carbons (Fsp3) is 0.429. The van der Waals surface area contributed by atoms with Crippen molar-refractivity contribution < 1.29 is 9.26 Å². The van der Waals surface area contributed by atoms with Gasteiger partial charge in [-0.2, -0.15) is 4.98 Å². The lowest BCUT2D eigenvalue weighted by molar-refractivity contribution is 0.185. The number of likely N-dealkylation sites (N-methyl/N-ethyl adjacent to an activating group) is 1. The predicted octanol–water partition coefficient (Wildman–Crippen LogP) is 2.83. The molecule has 1 aliphatic rings. The Bertz CT molecular complexity index is 590. The maximum Gasteiger partial charge on any atom is 0.233 e. The SMILES string of the molecule is CNC1COCC1c1nc(CSc2ccc(Br)cc2)no1. The number of ether oxygens (including phenoxy) is 1. The van der Waals surface area contributed by atoms with Crippen LogP contribution in [0.1, 0.15) is 17.6 Å². The van der Waals surface area contributed by atoms with Gasteiger partial charge in [-0.1, -0.05) is 21.1 Å². The van der Waals surface area contributed by atoms with Gasteiger partial charge in [-0.15, -0.1) is 11.8 Å². The highest BCUT2D eigenvalue weighted by Gasteiger charge is 2.32. The summed E-state index contributed by atoms with van der Waals surface area (Å²) in [6, 6.07) is 8.43. The summed E-state index contributed by atoms with van der Waals surface area (Å²) in [4.78, 5) is 5.68. The maximum atomic E-state index is 5.46. The van der Waals surface area contributed by atoms with E-state index in [4.69, 9.17) is 9.26 Å². The summed E-state index contributed by atoms with van der Waals surface area (Å²) >= 11 is 5.12.